The van der Waals surface area contributed by atoms with E-state index < -0.39 is 0 Å². The van der Waals surface area contributed by atoms with E-state index in [1.54, 1.807) is 7.11 Å². The van der Waals surface area contributed by atoms with Crippen molar-refractivity contribution in [1.29, 1.82) is 0 Å². The van der Waals surface area contributed by atoms with E-state index in [4.69, 9.17) is 16.3 Å². The third kappa shape index (κ3) is 7.35. The van der Waals surface area contributed by atoms with Crippen molar-refractivity contribution in [2.75, 3.05) is 33.4 Å². The molecule has 0 spiro atoms. The lowest BCUT2D eigenvalue weighted by atomic mass is 9.91. The van der Waals surface area contributed by atoms with Crippen molar-refractivity contribution >= 4 is 17.5 Å². The van der Waals surface area contributed by atoms with Gasteiger partial charge in [0, 0.05) is 31.1 Å². The van der Waals surface area contributed by atoms with Gasteiger partial charge >= 0.3 is 0 Å². The minimum atomic E-state index is 0.149. The minimum Gasteiger partial charge on any atom is -0.383 e. The van der Waals surface area contributed by atoms with Crippen LogP contribution in [0.4, 0.5) is 0 Å². The molecule has 1 amide bonds. The summed E-state index contributed by atoms with van der Waals surface area (Å²) in [7, 11) is 1.65. The van der Waals surface area contributed by atoms with Crippen LogP contribution in [0.25, 0.3) is 0 Å². The predicted octanol–water partition coefficient (Wildman–Crippen LogP) is 3.53. The maximum Gasteiger partial charge on any atom is 0.220 e. The summed E-state index contributed by atoms with van der Waals surface area (Å²) in [6.07, 6.45) is 5.07. The maximum atomic E-state index is 11.8. The average molecular weight is 367 g/mol. The second kappa shape index (κ2) is 10.8. The molecule has 140 valence electrons. The fourth-order valence-electron chi connectivity index (χ4n) is 3.49. The molecule has 1 saturated heterocycles. The molecule has 0 saturated carbocycles. The summed E-state index contributed by atoms with van der Waals surface area (Å²) in [5, 5.41) is 3.69. The van der Waals surface area contributed by atoms with Crippen LogP contribution < -0.4 is 5.32 Å². The van der Waals surface area contributed by atoms with E-state index in [-0.39, 0.29) is 5.91 Å². The monoisotopic (exact) mass is 366 g/mol. The number of methoxy groups -OCH3 is 1. The molecule has 4 nitrogen and oxygen atoms in total. The van der Waals surface area contributed by atoms with Crippen molar-refractivity contribution in [3.8, 4) is 0 Å². The number of piperidine rings is 1. The Morgan fingerprint density at radius 3 is 2.64 bits per heavy atom. The third-order valence-electron chi connectivity index (χ3n) is 5.12. The Morgan fingerprint density at radius 2 is 2.00 bits per heavy atom. The van der Waals surface area contributed by atoms with E-state index in [2.05, 4.69) is 29.3 Å². The molecule has 0 radical (unpaired) electrons. The van der Waals surface area contributed by atoms with E-state index >= 15 is 0 Å². The zero-order valence-electron chi connectivity index (χ0n) is 15.5. The number of hydrogen-bond acceptors (Lipinski definition) is 3. The van der Waals surface area contributed by atoms with Crippen LogP contribution in [0.1, 0.15) is 38.2 Å². The normalized spacial score (nSPS) is 17.4. The number of nitrogens with zero attached hydrogens (tertiary/aromatic N) is 1. The molecule has 1 aliphatic rings. The minimum absolute atomic E-state index is 0.149. The van der Waals surface area contributed by atoms with Gasteiger partial charge in [0.1, 0.15) is 0 Å². The van der Waals surface area contributed by atoms with Gasteiger partial charge in [-0.2, -0.15) is 0 Å². The summed E-state index contributed by atoms with van der Waals surface area (Å²) < 4.78 is 4.94. The molecule has 1 heterocycles. The van der Waals surface area contributed by atoms with Gasteiger partial charge in [-0.05, 0) is 69.3 Å². The largest absolute Gasteiger partial charge is 0.383 e. The highest BCUT2D eigenvalue weighted by Crippen LogP contribution is 2.24. The SMILES string of the molecule is COCCNC(=O)CCC1CCN([C@@H](C)Cc2ccc(Cl)cc2)CC1. The van der Waals surface area contributed by atoms with E-state index in [0.29, 0.717) is 31.5 Å². The van der Waals surface area contributed by atoms with Crippen LogP contribution in [-0.2, 0) is 16.0 Å². The standard InChI is InChI=1S/C20H31ClN2O2/c1-16(15-18-3-6-19(21)7-4-18)23-12-9-17(10-13-23)5-8-20(24)22-11-14-25-2/h3-4,6-7,16-17H,5,8-15H2,1-2H3,(H,22,24)/t16-/m0/s1. The first-order valence-corrected chi connectivity index (χ1v) is 9.70. The smallest absolute Gasteiger partial charge is 0.220 e. The number of halogens is 1. The number of likely N-dealkylation sites (tertiary alicyclic amines) is 1. The van der Waals surface area contributed by atoms with Crippen molar-refractivity contribution in [3.63, 3.8) is 0 Å². The number of benzene rings is 1. The molecule has 0 aliphatic carbocycles. The summed E-state index contributed by atoms with van der Waals surface area (Å²) in [6, 6.07) is 8.71. The quantitative estimate of drug-likeness (QED) is 0.680. The van der Waals surface area contributed by atoms with Crippen molar-refractivity contribution in [2.24, 2.45) is 5.92 Å². The van der Waals surface area contributed by atoms with Crippen LogP contribution >= 0.6 is 11.6 Å². The van der Waals surface area contributed by atoms with Crippen molar-refractivity contribution in [3.05, 3.63) is 34.9 Å². The molecule has 1 aromatic carbocycles. The summed E-state index contributed by atoms with van der Waals surface area (Å²) >= 11 is 5.96. The number of nitrogens with one attached hydrogen (secondary N) is 1. The number of ether oxygens (including phenoxy) is 1. The topological polar surface area (TPSA) is 41.6 Å². The van der Waals surface area contributed by atoms with Gasteiger partial charge in [0.05, 0.1) is 6.61 Å². The maximum absolute atomic E-state index is 11.8. The Morgan fingerprint density at radius 1 is 1.32 bits per heavy atom. The average Bonchev–Trinajstić information content (AvgIpc) is 2.62. The van der Waals surface area contributed by atoms with E-state index in [1.807, 2.05) is 12.1 Å². The summed E-state index contributed by atoms with van der Waals surface area (Å²) in [5.41, 5.74) is 1.34. The molecule has 1 aromatic rings. The first-order valence-electron chi connectivity index (χ1n) is 9.32. The van der Waals surface area contributed by atoms with E-state index in [9.17, 15) is 4.79 Å². The highest BCUT2D eigenvalue weighted by Gasteiger charge is 2.23. The zero-order chi connectivity index (χ0) is 18.1. The van der Waals surface area contributed by atoms with Crippen LogP contribution in [0.15, 0.2) is 24.3 Å². The van der Waals surface area contributed by atoms with Gasteiger partial charge in [-0.15, -0.1) is 0 Å². The van der Waals surface area contributed by atoms with Gasteiger partial charge in [0.2, 0.25) is 5.91 Å². The zero-order valence-corrected chi connectivity index (χ0v) is 16.2. The molecule has 0 unspecified atom stereocenters. The van der Waals surface area contributed by atoms with E-state index in [0.717, 1.165) is 31.0 Å². The molecule has 0 aromatic heterocycles. The van der Waals surface area contributed by atoms with Crippen LogP contribution in [0.2, 0.25) is 5.02 Å². The number of carbonyl (C=O) groups excluding carboxylic acids is 1. The second-order valence-corrected chi connectivity index (χ2v) is 7.48. The molecular weight excluding hydrogens is 336 g/mol. The summed E-state index contributed by atoms with van der Waals surface area (Å²) in [4.78, 5) is 14.3. The summed E-state index contributed by atoms with van der Waals surface area (Å²) in [5.74, 6) is 0.822. The number of amides is 1. The molecule has 5 heteroatoms. The van der Waals surface area contributed by atoms with Crippen LogP contribution in [0.5, 0.6) is 0 Å². The highest BCUT2D eigenvalue weighted by molar-refractivity contribution is 6.30. The molecule has 1 fully saturated rings. The molecular formula is C20H31ClN2O2. The van der Waals surface area contributed by atoms with Crippen molar-refractivity contribution < 1.29 is 9.53 Å². The van der Waals surface area contributed by atoms with Gasteiger partial charge in [0.25, 0.3) is 0 Å². The van der Waals surface area contributed by atoms with E-state index in [1.165, 1.54) is 18.4 Å². The molecule has 1 atom stereocenters. The van der Waals surface area contributed by atoms with Gasteiger partial charge < -0.3 is 15.0 Å². The molecule has 25 heavy (non-hydrogen) atoms. The van der Waals surface area contributed by atoms with Gasteiger partial charge in [-0.25, -0.2) is 0 Å². The lowest BCUT2D eigenvalue weighted by molar-refractivity contribution is -0.121. The Hall–Kier alpha value is -1.10. The number of carbonyl (C=O) groups is 1. The lowest BCUT2D eigenvalue weighted by Crippen LogP contribution is -2.41. The third-order valence-corrected chi connectivity index (χ3v) is 5.38. The second-order valence-electron chi connectivity index (χ2n) is 7.04. The van der Waals surface area contributed by atoms with Crippen molar-refractivity contribution in [2.45, 2.75) is 45.1 Å². The van der Waals surface area contributed by atoms with Gasteiger partial charge in [0.15, 0.2) is 0 Å². The molecule has 2 rings (SSSR count). The fraction of sp³-hybridized carbons (Fsp3) is 0.650. The highest BCUT2D eigenvalue weighted by atomic mass is 35.5. The van der Waals surface area contributed by atoms with Crippen LogP contribution in [0, 0.1) is 5.92 Å². The first-order chi connectivity index (χ1) is 12.1. The Labute approximate surface area is 156 Å². The number of rotatable bonds is 9. The molecule has 1 N–H and O–H groups in total. The van der Waals surface area contributed by atoms with Gasteiger partial charge in [-0.1, -0.05) is 23.7 Å². The molecule has 0 bridgehead atoms. The van der Waals surface area contributed by atoms with Crippen LogP contribution in [0.3, 0.4) is 0 Å². The predicted molar refractivity (Wildman–Crippen MR) is 103 cm³/mol. The van der Waals surface area contributed by atoms with Crippen molar-refractivity contribution in [1.82, 2.24) is 10.2 Å². The Kier molecular flexibility index (Phi) is 8.73. The lowest BCUT2D eigenvalue weighted by Gasteiger charge is -2.36. The van der Waals surface area contributed by atoms with Crippen LogP contribution in [-0.4, -0.2) is 50.2 Å². The molecule has 1 aliphatic heterocycles. The fourth-order valence-corrected chi connectivity index (χ4v) is 3.62. The summed E-state index contributed by atoms with van der Waals surface area (Å²) in [6.45, 7) is 5.75. The Bertz CT molecular complexity index is 513. The first kappa shape index (κ1) is 20.2. The Balaban J connectivity index is 1.65. The number of hydrogen-bond donors (Lipinski definition) is 1. The van der Waals surface area contributed by atoms with Gasteiger partial charge in [-0.3, -0.25) is 4.79 Å².